The van der Waals surface area contributed by atoms with E-state index in [1.54, 1.807) is 23.6 Å². The minimum Gasteiger partial charge on any atom is -0.382 e. The zero-order chi connectivity index (χ0) is 15.2. The van der Waals surface area contributed by atoms with Gasteiger partial charge < -0.3 is 19.5 Å². The van der Waals surface area contributed by atoms with Gasteiger partial charge >= 0.3 is 0 Å². The van der Waals surface area contributed by atoms with Gasteiger partial charge in [-0.15, -0.1) is 5.10 Å². The smallest absolute Gasteiger partial charge is 0.209 e. The van der Waals surface area contributed by atoms with Crippen LogP contribution in [0, 0.1) is 0 Å². The number of rotatable bonds is 14. The molecule has 0 aliphatic rings. The summed E-state index contributed by atoms with van der Waals surface area (Å²) in [6.07, 6.45) is 0. The Morgan fingerprint density at radius 3 is 2.67 bits per heavy atom. The first kappa shape index (κ1) is 18.3. The fraction of sp³-hybridized carbons (Fsp3) is 0.917. The first-order valence-electron chi connectivity index (χ1n) is 7.12. The van der Waals surface area contributed by atoms with E-state index in [9.17, 15) is 0 Å². The van der Waals surface area contributed by atoms with Crippen molar-refractivity contribution in [1.82, 2.24) is 25.5 Å². The van der Waals surface area contributed by atoms with Crippen molar-refractivity contribution in [2.75, 3.05) is 59.0 Å². The molecule has 0 fully saturated rings. The molecule has 0 aromatic carbocycles. The summed E-state index contributed by atoms with van der Waals surface area (Å²) in [5, 5.41) is 15.7. The van der Waals surface area contributed by atoms with Gasteiger partial charge in [-0.05, 0) is 17.0 Å². The summed E-state index contributed by atoms with van der Waals surface area (Å²) >= 11 is 1.60. The second kappa shape index (κ2) is 13.0. The molecule has 1 aromatic heterocycles. The molecule has 8 nitrogen and oxygen atoms in total. The normalized spacial score (nSPS) is 11.1. The maximum atomic E-state index is 5.47. The number of aromatic nitrogens is 4. The number of likely N-dealkylation sites (N-methyl/N-ethyl adjacent to an activating group) is 1. The van der Waals surface area contributed by atoms with Gasteiger partial charge in [-0.25, -0.2) is 4.68 Å². The van der Waals surface area contributed by atoms with Crippen LogP contribution in [0.15, 0.2) is 5.16 Å². The molecule has 1 rings (SSSR count). The van der Waals surface area contributed by atoms with E-state index < -0.39 is 0 Å². The summed E-state index contributed by atoms with van der Waals surface area (Å²) in [6.45, 7) is 7.72. The van der Waals surface area contributed by atoms with Crippen LogP contribution in [0.3, 0.4) is 0 Å². The lowest BCUT2D eigenvalue weighted by molar-refractivity contribution is 0.0286. The molecule has 0 atom stereocenters. The van der Waals surface area contributed by atoms with Crippen LogP contribution in [0.25, 0.3) is 0 Å². The number of thioether (sulfide) groups is 1. The van der Waals surface area contributed by atoms with Crippen molar-refractivity contribution in [1.29, 1.82) is 0 Å². The molecule has 0 saturated carbocycles. The fourth-order valence-corrected chi connectivity index (χ4v) is 2.21. The summed E-state index contributed by atoms with van der Waals surface area (Å²) in [5.74, 6) is 0.819. The topological polar surface area (TPSA) is 83.3 Å². The van der Waals surface area contributed by atoms with Gasteiger partial charge in [-0.2, -0.15) is 0 Å². The Balaban J connectivity index is 2.01. The lowest BCUT2D eigenvalue weighted by Crippen LogP contribution is -2.20. The van der Waals surface area contributed by atoms with Crippen molar-refractivity contribution in [3.63, 3.8) is 0 Å². The van der Waals surface area contributed by atoms with Crippen molar-refractivity contribution in [3.05, 3.63) is 0 Å². The van der Waals surface area contributed by atoms with Gasteiger partial charge in [0.1, 0.15) is 0 Å². The van der Waals surface area contributed by atoms with Gasteiger partial charge in [0.25, 0.3) is 0 Å². The molecule has 0 saturated heterocycles. The van der Waals surface area contributed by atoms with Crippen LogP contribution in [-0.2, 0) is 20.8 Å². The Hall–Kier alpha value is -0.740. The number of hydrogen-bond donors (Lipinski definition) is 1. The van der Waals surface area contributed by atoms with Crippen molar-refractivity contribution in [2.45, 2.75) is 18.6 Å². The van der Waals surface area contributed by atoms with Crippen molar-refractivity contribution in [2.24, 2.45) is 0 Å². The van der Waals surface area contributed by atoms with E-state index in [1.165, 1.54) is 0 Å². The lowest BCUT2D eigenvalue weighted by Gasteiger charge is -2.06. The molecule has 0 aliphatic carbocycles. The number of ether oxygens (including phenoxy) is 3. The molecule has 122 valence electrons. The maximum Gasteiger partial charge on any atom is 0.209 e. The Kier molecular flexibility index (Phi) is 11.3. The van der Waals surface area contributed by atoms with Crippen molar-refractivity contribution >= 4 is 11.8 Å². The molecular formula is C12H25N5O3S. The zero-order valence-electron chi connectivity index (χ0n) is 12.8. The first-order chi connectivity index (χ1) is 10.4. The Morgan fingerprint density at radius 2 is 1.90 bits per heavy atom. The Bertz CT molecular complexity index is 353. The highest BCUT2D eigenvalue weighted by molar-refractivity contribution is 7.99. The monoisotopic (exact) mass is 319 g/mol. The molecule has 0 amide bonds. The SMILES string of the molecule is CCNCCn1nnnc1SCCOCCOCCOC. The summed E-state index contributed by atoms with van der Waals surface area (Å²) in [4.78, 5) is 0. The molecule has 0 spiro atoms. The third-order valence-corrected chi connectivity index (χ3v) is 3.43. The minimum absolute atomic E-state index is 0.592. The highest BCUT2D eigenvalue weighted by Crippen LogP contribution is 2.12. The molecule has 9 heteroatoms. The molecule has 0 unspecified atom stereocenters. The highest BCUT2D eigenvalue weighted by atomic mass is 32.2. The van der Waals surface area contributed by atoms with Gasteiger partial charge in [0, 0.05) is 19.4 Å². The predicted molar refractivity (Wildman–Crippen MR) is 80.6 cm³/mol. The van der Waals surface area contributed by atoms with E-state index in [-0.39, 0.29) is 0 Å². The van der Waals surface area contributed by atoms with E-state index in [0.29, 0.717) is 33.0 Å². The van der Waals surface area contributed by atoms with Crippen molar-refractivity contribution in [3.8, 4) is 0 Å². The number of hydrogen-bond acceptors (Lipinski definition) is 8. The van der Waals surface area contributed by atoms with Gasteiger partial charge in [-0.1, -0.05) is 18.7 Å². The standard InChI is InChI=1S/C12H25N5O3S/c1-3-13-4-5-17-12(14-15-16-17)21-11-10-20-9-8-19-7-6-18-2/h13H,3-11H2,1-2H3. The third-order valence-electron chi connectivity index (χ3n) is 2.51. The second-order valence-electron chi connectivity index (χ2n) is 4.10. The third kappa shape index (κ3) is 8.99. The van der Waals surface area contributed by atoms with Crippen LogP contribution < -0.4 is 5.32 Å². The van der Waals surface area contributed by atoms with Crippen LogP contribution in [0.1, 0.15) is 6.92 Å². The summed E-state index contributed by atoms with van der Waals surface area (Å²) in [7, 11) is 1.66. The molecule has 1 aromatic rings. The number of nitrogens with one attached hydrogen (secondary N) is 1. The predicted octanol–water partition coefficient (Wildman–Crippen LogP) is 0.0543. The van der Waals surface area contributed by atoms with Crippen molar-refractivity contribution < 1.29 is 14.2 Å². The van der Waals surface area contributed by atoms with Gasteiger partial charge in [-0.3, -0.25) is 0 Å². The second-order valence-corrected chi connectivity index (χ2v) is 5.17. The molecule has 21 heavy (non-hydrogen) atoms. The van der Waals surface area contributed by atoms with E-state index in [2.05, 4.69) is 27.8 Å². The van der Waals surface area contributed by atoms with E-state index >= 15 is 0 Å². The van der Waals surface area contributed by atoms with Crippen LogP contribution in [0.4, 0.5) is 0 Å². The minimum atomic E-state index is 0.592. The number of nitrogens with zero attached hydrogens (tertiary/aromatic N) is 4. The molecular weight excluding hydrogens is 294 g/mol. The van der Waals surface area contributed by atoms with Crippen LogP contribution >= 0.6 is 11.8 Å². The Labute approximate surface area is 129 Å². The largest absolute Gasteiger partial charge is 0.382 e. The number of tetrazole rings is 1. The summed E-state index contributed by atoms with van der Waals surface area (Å²) in [6, 6.07) is 0. The maximum absolute atomic E-state index is 5.47. The van der Waals surface area contributed by atoms with Gasteiger partial charge in [0.2, 0.25) is 5.16 Å². The zero-order valence-corrected chi connectivity index (χ0v) is 13.6. The van der Waals surface area contributed by atoms with E-state index in [4.69, 9.17) is 14.2 Å². The average Bonchev–Trinajstić information content (AvgIpc) is 2.93. The summed E-state index contributed by atoms with van der Waals surface area (Å²) in [5.41, 5.74) is 0. The molecule has 1 N–H and O–H groups in total. The lowest BCUT2D eigenvalue weighted by atomic mass is 10.6. The van der Waals surface area contributed by atoms with Gasteiger partial charge in [0.15, 0.2) is 0 Å². The summed E-state index contributed by atoms with van der Waals surface area (Å²) < 4.78 is 17.5. The fourth-order valence-electron chi connectivity index (χ4n) is 1.46. The van der Waals surface area contributed by atoms with Crippen LogP contribution in [0.2, 0.25) is 0 Å². The van der Waals surface area contributed by atoms with E-state index in [1.807, 2.05) is 0 Å². The van der Waals surface area contributed by atoms with E-state index in [0.717, 1.165) is 30.5 Å². The van der Waals surface area contributed by atoms with Gasteiger partial charge in [0.05, 0.1) is 39.6 Å². The number of methoxy groups -OCH3 is 1. The quantitative estimate of drug-likeness (QED) is 0.380. The van der Waals surface area contributed by atoms with Crippen LogP contribution in [-0.4, -0.2) is 79.2 Å². The molecule has 1 heterocycles. The molecule has 0 aliphatic heterocycles. The molecule has 0 radical (unpaired) electrons. The highest BCUT2D eigenvalue weighted by Gasteiger charge is 2.05. The average molecular weight is 319 g/mol. The van der Waals surface area contributed by atoms with Crippen LogP contribution in [0.5, 0.6) is 0 Å². The molecule has 0 bridgehead atoms. The first-order valence-corrected chi connectivity index (χ1v) is 8.11. The Morgan fingerprint density at radius 1 is 1.14 bits per heavy atom.